The smallest absolute Gasteiger partial charge is 0.164 e. The van der Waals surface area contributed by atoms with E-state index in [1.165, 1.54) is 0 Å². The van der Waals surface area contributed by atoms with Crippen LogP contribution in [-0.4, -0.2) is 29.9 Å². The highest BCUT2D eigenvalue weighted by Crippen LogP contribution is 2.39. The molecule has 0 amide bonds. The molecule has 0 saturated heterocycles. The fourth-order valence-corrected chi connectivity index (χ4v) is 7.05. The molecule has 7 aromatic carbocycles. The van der Waals surface area contributed by atoms with Crippen molar-refractivity contribution in [3.63, 3.8) is 0 Å². The van der Waals surface area contributed by atoms with E-state index >= 15 is 0 Å². The van der Waals surface area contributed by atoms with Gasteiger partial charge >= 0.3 is 0 Å². The number of benzene rings is 7. The Kier molecular flexibility index (Phi) is 8.36. The van der Waals surface area contributed by atoms with Gasteiger partial charge in [-0.15, -0.1) is 0 Å². The van der Waals surface area contributed by atoms with Crippen LogP contribution in [0.25, 0.3) is 101 Å². The maximum atomic E-state index is 10.2. The Labute approximate surface area is 327 Å². The number of nitrogens with zero attached hydrogens (tertiary/aromatic N) is 7. The maximum Gasteiger partial charge on any atom is 0.164 e. The van der Waals surface area contributed by atoms with Gasteiger partial charge in [0.1, 0.15) is 11.2 Å². The van der Waals surface area contributed by atoms with E-state index < -0.39 is 0 Å². The number of hydrogen-bond donors (Lipinski definition) is 0. The van der Waals surface area contributed by atoms with E-state index in [0.29, 0.717) is 57.2 Å². The van der Waals surface area contributed by atoms with Crippen molar-refractivity contribution in [2.45, 2.75) is 0 Å². The monoisotopic (exact) mass is 731 g/mol. The molecule has 0 atom stereocenters. The zero-order chi connectivity index (χ0) is 38.1. The van der Waals surface area contributed by atoms with Crippen molar-refractivity contribution in [3.05, 3.63) is 181 Å². The summed E-state index contributed by atoms with van der Waals surface area (Å²) in [6.45, 7) is 0. The number of fused-ring (bicyclic) bond motifs is 3. The number of aromatic nitrogens is 6. The predicted molar refractivity (Wildman–Crippen MR) is 223 cm³/mol. The van der Waals surface area contributed by atoms with E-state index in [0.717, 1.165) is 49.7 Å². The molecule has 0 unspecified atom stereocenters. The molecule has 0 aliphatic carbocycles. The average Bonchev–Trinajstić information content (AvgIpc) is 3.68. The van der Waals surface area contributed by atoms with E-state index in [4.69, 9.17) is 34.3 Å². The second-order valence-corrected chi connectivity index (χ2v) is 13.5. The second kappa shape index (κ2) is 14.3. The summed E-state index contributed by atoms with van der Waals surface area (Å²) in [7, 11) is 0. The summed E-state index contributed by atoms with van der Waals surface area (Å²) >= 11 is 0. The van der Waals surface area contributed by atoms with E-state index in [1.54, 1.807) is 0 Å². The van der Waals surface area contributed by atoms with Crippen molar-refractivity contribution in [1.29, 1.82) is 5.26 Å². The van der Waals surface area contributed by atoms with Crippen molar-refractivity contribution < 1.29 is 4.42 Å². The predicted octanol–water partition coefficient (Wildman–Crippen LogP) is 11.5. The molecule has 0 radical (unpaired) electrons. The fraction of sp³-hybridized carbons (Fsp3) is 0. The average molecular weight is 732 g/mol. The van der Waals surface area contributed by atoms with Gasteiger partial charge in [-0.25, -0.2) is 29.9 Å². The summed E-state index contributed by atoms with van der Waals surface area (Å²) in [5.74, 6) is 3.29. The highest BCUT2D eigenvalue weighted by Gasteiger charge is 2.19. The van der Waals surface area contributed by atoms with Crippen LogP contribution in [-0.2, 0) is 0 Å². The molecule has 0 aliphatic rings. The fourth-order valence-electron chi connectivity index (χ4n) is 7.05. The molecule has 10 rings (SSSR count). The number of rotatable bonds is 7. The van der Waals surface area contributed by atoms with Crippen molar-refractivity contribution in [2.24, 2.45) is 0 Å². The topological polar surface area (TPSA) is 114 Å². The molecule has 0 N–H and O–H groups in total. The molecule has 3 heterocycles. The zero-order valence-corrected chi connectivity index (χ0v) is 30.3. The first-order valence-corrected chi connectivity index (χ1v) is 18.4. The zero-order valence-electron chi connectivity index (χ0n) is 30.3. The van der Waals surface area contributed by atoms with Gasteiger partial charge in [-0.3, -0.25) is 0 Å². The van der Waals surface area contributed by atoms with Crippen LogP contribution < -0.4 is 0 Å². The van der Waals surface area contributed by atoms with Gasteiger partial charge < -0.3 is 4.42 Å². The quantitative estimate of drug-likeness (QED) is 0.159. The van der Waals surface area contributed by atoms with Gasteiger partial charge in [0.05, 0.1) is 11.6 Å². The lowest BCUT2D eigenvalue weighted by molar-refractivity contribution is 0.669. The van der Waals surface area contributed by atoms with Crippen LogP contribution in [0.3, 0.4) is 0 Å². The molecule has 0 spiro atoms. The van der Waals surface area contributed by atoms with E-state index in [9.17, 15) is 5.26 Å². The Morgan fingerprint density at radius 1 is 0.351 bits per heavy atom. The van der Waals surface area contributed by atoms with Crippen LogP contribution in [0.15, 0.2) is 180 Å². The largest absolute Gasteiger partial charge is 0.456 e. The van der Waals surface area contributed by atoms with Crippen molar-refractivity contribution in [2.75, 3.05) is 0 Å². The molecule has 57 heavy (non-hydrogen) atoms. The first-order valence-electron chi connectivity index (χ1n) is 18.4. The lowest BCUT2D eigenvalue weighted by atomic mass is 9.98. The summed E-state index contributed by atoms with van der Waals surface area (Å²) < 4.78 is 6.54. The van der Waals surface area contributed by atoms with Crippen LogP contribution in [0, 0.1) is 11.3 Å². The Balaban J connectivity index is 1.10. The van der Waals surface area contributed by atoms with Crippen LogP contribution in [0.2, 0.25) is 0 Å². The number of hydrogen-bond acceptors (Lipinski definition) is 8. The van der Waals surface area contributed by atoms with Gasteiger partial charge in [-0.05, 0) is 47.5 Å². The lowest BCUT2D eigenvalue weighted by Crippen LogP contribution is -2.00. The van der Waals surface area contributed by atoms with Crippen molar-refractivity contribution >= 4 is 21.9 Å². The SMILES string of the molecule is N#Cc1cc(-c2ccc3c(c2)oc2cccc(-c4nc(-c5ccccc5)nc(-c5ccccc5)n4)c23)cc(-c2nc(-c3ccccc3)nc(-c3ccccc3)n2)c1. The van der Waals surface area contributed by atoms with E-state index in [-0.39, 0.29) is 0 Å². The van der Waals surface area contributed by atoms with Gasteiger partial charge in [0.15, 0.2) is 34.9 Å². The summed E-state index contributed by atoms with van der Waals surface area (Å²) in [6.07, 6.45) is 0. The molecule has 8 nitrogen and oxygen atoms in total. The van der Waals surface area contributed by atoms with E-state index in [1.807, 2.05) is 170 Å². The van der Waals surface area contributed by atoms with Gasteiger partial charge in [0.2, 0.25) is 0 Å². The normalized spacial score (nSPS) is 11.1. The summed E-state index contributed by atoms with van der Waals surface area (Å²) in [6, 6.07) is 59.6. The molecule has 0 bridgehead atoms. The molecule has 8 heteroatoms. The standard InChI is InChI=1S/C49H29N7O/c50-30-31-26-37(28-38(27-31)48-53-44(32-14-5-1-6-15-32)51-45(54-48)33-16-7-2-8-17-33)36-24-25-39-42(29-36)57-41-23-13-22-40(43(39)41)49-55-46(34-18-9-3-10-19-34)52-47(56-49)35-20-11-4-12-21-35/h1-29H. The third-order valence-electron chi connectivity index (χ3n) is 9.79. The molecule has 10 aromatic rings. The first kappa shape index (κ1) is 33.4. The third kappa shape index (κ3) is 6.45. The number of nitriles is 1. The molecule has 0 aliphatic heterocycles. The molecular weight excluding hydrogens is 703 g/mol. The van der Waals surface area contributed by atoms with E-state index in [2.05, 4.69) is 12.1 Å². The van der Waals surface area contributed by atoms with Crippen LogP contribution in [0.4, 0.5) is 0 Å². The highest BCUT2D eigenvalue weighted by molar-refractivity contribution is 6.12. The minimum atomic E-state index is 0.470. The molecular formula is C49H29N7O. The van der Waals surface area contributed by atoms with Crippen molar-refractivity contribution in [1.82, 2.24) is 29.9 Å². The molecule has 3 aromatic heterocycles. The lowest BCUT2D eigenvalue weighted by Gasteiger charge is -2.10. The van der Waals surface area contributed by atoms with Crippen molar-refractivity contribution in [3.8, 4) is 85.5 Å². The molecule has 266 valence electrons. The first-order chi connectivity index (χ1) is 28.2. The minimum absolute atomic E-state index is 0.470. The Bertz CT molecular complexity index is 3010. The Morgan fingerprint density at radius 3 is 1.30 bits per heavy atom. The van der Waals surface area contributed by atoms with Crippen LogP contribution in [0.5, 0.6) is 0 Å². The minimum Gasteiger partial charge on any atom is -0.456 e. The summed E-state index contributed by atoms with van der Waals surface area (Å²) in [5.41, 5.74) is 8.66. The maximum absolute atomic E-state index is 10.2. The third-order valence-corrected chi connectivity index (χ3v) is 9.79. The highest BCUT2D eigenvalue weighted by atomic mass is 16.3. The Hall–Kier alpha value is -8.15. The molecule has 0 fully saturated rings. The van der Waals surface area contributed by atoms with Gasteiger partial charge in [0.25, 0.3) is 0 Å². The van der Waals surface area contributed by atoms with Crippen LogP contribution in [0.1, 0.15) is 5.56 Å². The summed E-state index contributed by atoms with van der Waals surface area (Å²) in [4.78, 5) is 29.5. The number of furan rings is 1. The van der Waals surface area contributed by atoms with Gasteiger partial charge in [-0.2, -0.15) is 5.26 Å². The molecule has 0 saturated carbocycles. The second-order valence-electron chi connectivity index (χ2n) is 13.5. The van der Waals surface area contributed by atoms with Gasteiger partial charge in [0, 0.05) is 44.2 Å². The van der Waals surface area contributed by atoms with Crippen LogP contribution >= 0.6 is 0 Å². The van der Waals surface area contributed by atoms with Gasteiger partial charge in [-0.1, -0.05) is 140 Å². The Morgan fingerprint density at radius 2 is 0.807 bits per heavy atom. The summed E-state index contributed by atoms with van der Waals surface area (Å²) in [5, 5.41) is 12.0.